The first-order valence-corrected chi connectivity index (χ1v) is 6.57. The third-order valence-corrected chi connectivity index (χ3v) is 3.91. The maximum absolute atomic E-state index is 9.25. The van der Waals surface area contributed by atoms with Gasteiger partial charge in [0.15, 0.2) is 0 Å². The van der Waals surface area contributed by atoms with E-state index < -0.39 is 0 Å². The second-order valence-electron chi connectivity index (χ2n) is 4.38. The summed E-state index contributed by atoms with van der Waals surface area (Å²) >= 11 is 1.84. The number of nitrogens with one attached hydrogen (secondary N) is 1. The third-order valence-electron chi connectivity index (χ3n) is 2.90. The Balaban J connectivity index is 2.38. The average molecular weight is 239 g/mol. The lowest BCUT2D eigenvalue weighted by molar-refractivity contribution is 0.179. The van der Waals surface area contributed by atoms with Crippen LogP contribution >= 0.6 is 11.8 Å². The molecule has 1 aromatic rings. The van der Waals surface area contributed by atoms with Crippen LogP contribution in [-0.2, 0) is 0 Å². The number of rotatable bonds is 6. The molecule has 0 aliphatic carbocycles. The van der Waals surface area contributed by atoms with Crippen LogP contribution in [0.1, 0.15) is 18.9 Å². The highest BCUT2D eigenvalue weighted by Crippen LogP contribution is 2.21. The second-order valence-corrected chi connectivity index (χ2v) is 5.55. The molecule has 1 unspecified atom stereocenters. The molecule has 0 fully saturated rings. The summed E-state index contributed by atoms with van der Waals surface area (Å²) in [7, 11) is 1.90. The first-order valence-electron chi connectivity index (χ1n) is 5.59. The molecule has 16 heavy (non-hydrogen) atoms. The molecule has 0 amide bonds. The van der Waals surface area contributed by atoms with E-state index in [1.54, 1.807) is 0 Å². The van der Waals surface area contributed by atoms with Gasteiger partial charge in [0.25, 0.3) is 0 Å². The van der Waals surface area contributed by atoms with Gasteiger partial charge in [-0.05, 0) is 45.2 Å². The maximum atomic E-state index is 9.25. The second kappa shape index (κ2) is 6.28. The fourth-order valence-corrected chi connectivity index (χ4v) is 2.43. The van der Waals surface area contributed by atoms with Crippen LogP contribution in [0.15, 0.2) is 29.2 Å². The van der Waals surface area contributed by atoms with Crippen LogP contribution < -0.4 is 5.32 Å². The number of likely N-dealkylation sites (N-methyl/N-ethyl adjacent to an activating group) is 1. The number of benzene rings is 1. The molecule has 1 atom stereocenters. The van der Waals surface area contributed by atoms with Crippen molar-refractivity contribution in [2.75, 3.05) is 19.4 Å². The van der Waals surface area contributed by atoms with Crippen LogP contribution in [0.5, 0.6) is 0 Å². The zero-order valence-corrected chi connectivity index (χ0v) is 11.1. The zero-order valence-electron chi connectivity index (χ0n) is 10.3. The topological polar surface area (TPSA) is 32.3 Å². The van der Waals surface area contributed by atoms with Crippen LogP contribution in [0.2, 0.25) is 0 Å². The van der Waals surface area contributed by atoms with Crippen molar-refractivity contribution >= 4 is 11.8 Å². The van der Waals surface area contributed by atoms with Crippen molar-refractivity contribution in [2.45, 2.75) is 30.7 Å². The van der Waals surface area contributed by atoms with Crippen LogP contribution in [0.4, 0.5) is 0 Å². The molecule has 0 aliphatic heterocycles. The summed E-state index contributed by atoms with van der Waals surface area (Å²) in [5.74, 6) is 1.01. The maximum Gasteiger partial charge on any atom is 0.0610 e. The summed E-state index contributed by atoms with van der Waals surface area (Å²) in [6, 6.07) is 8.56. The summed E-state index contributed by atoms with van der Waals surface area (Å²) in [5, 5.41) is 12.4. The van der Waals surface area contributed by atoms with Crippen molar-refractivity contribution in [2.24, 2.45) is 0 Å². The smallest absolute Gasteiger partial charge is 0.0610 e. The van der Waals surface area contributed by atoms with Gasteiger partial charge >= 0.3 is 0 Å². The molecule has 90 valence electrons. The Hall–Kier alpha value is -0.510. The van der Waals surface area contributed by atoms with Crippen molar-refractivity contribution in [1.82, 2.24) is 5.32 Å². The van der Waals surface area contributed by atoms with Crippen molar-refractivity contribution in [1.29, 1.82) is 0 Å². The van der Waals surface area contributed by atoms with Gasteiger partial charge in [-0.1, -0.05) is 17.7 Å². The van der Waals surface area contributed by atoms with E-state index in [0.717, 1.165) is 12.2 Å². The molecule has 0 heterocycles. The van der Waals surface area contributed by atoms with Gasteiger partial charge in [0.05, 0.1) is 6.61 Å². The summed E-state index contributed by atoms with van der Waals surface area (Å²) in [5.41, 5.74) is 1.14. The molecule has 0 aliphatic rings. The SMILES string of the molecule is CNC(C)(CO)CCSc1ccc(C)cc1. The molecule has 0 aromatic heterocycles. The minimum Gasteiger partial charge on any atom is -0.394 e. The first-order chi connectivity index (χ1) is 7.59. The molecule has 2 N–H and O–H groups in total. The van der Waals surface area contributed by atoms with Gasteiger partial charge < -0.3 is 10.4 Å². The van der Waals surface area contributed by atoms with E-state index in [2.05, 4.69) is 36.5 Å². The molecular formula is C13H21NOS. The number of aliphatic hydroxyl groups is 1. The quantitative estimate of drug-likeness (QED) is 0.748. The minimum atomic E-state index is -0.155. The predicted molar refractivity (Wildman–Crippen MR) is 71.1 cm³/mol. The van der Waals surface area contributed by atoms with Gasteiger partial charge in [0, 0.05) is 10.4 Å². The highest BCUT2D eigenvalue weighted by atomic mass is 32.2. The molecule has 1 aromatic carbocycles. The van der Waals surface area contributed by atoms with E-state index in [0.29, 0.717) is 0 Å². The van der Waals surface area contributed by atoms with E-state index >= 15 is 0 Å². The van der Waals surface area contributed by atoms with Gasteiger partial charge in [-0.3, -0.25) is 0 Å². The summed E-state index contributed by atoms with van der Waals surface area (Å²) in [6.45, 7) is 4.32. The molecule has 0 bridgehead atoms. The minimum absolute atomic E-state index is 0.155. The van der Waals surface area contributed by atoms with Crippen LogP contribution in [0.3, 0.4) is 0 Å². The molecule has 1 rings (SSSR count). The Kier molecular flexibility index (Phi) is 5.32. The first kappa shape index (κ1) is 13.6. The monoisotopic (exact) mass is 239 g/mol. The van der Waals surface area contributed by atoms with Crippen molar-refractivity contribution in [3.63, 3.8) is 0 Å². The molecular weight excluding hydrogens is 218 g/mol. The lowest BCUT2D eigenvalue weighted by atomic mass is 10.0. The van der Waals surface area contributed by atoms with Gasteiger partial charge in [0.1, 0.15) is 0 Å². The summed E-state index contributed by atoms with van der Waals surface area (Å²) in [4.78, 5) is 1.29. The van der Waals surface area contributed by atoms with Crippen LogP contribution in [-0.4, -0.2) is 30.1 Å². The van der Waals surface area contributed by atoms with Gasteiger partial charge in [0.2, 0.25) is 0 Å². The lowest BCUT2D eigenvalue weighted by Gasteiger charge is -2.26. The Labute approximate surface area is 102 Å². The zero-order chi connectivity index (χ0) is 12.0. The molecule has 3 heteroatoms. The fraction of sp³-hybridized carbons (Fsp3) is 0.538. The number of hydrogen-bond donors (Lipinski definition) is 2. The highest BCUT2D eigenvalue weighted by molar-refractivity contribution is 7.99. The van der Waals surface area contributed by atoms with Crippen LogP contribution in [0, 0.1) is 6.92 Å². The largest absolute Gasteiger partial charge is 0.394 e. The molecule has 0 saturated heterocycles. The van der Waals surface area contributed by atoms with E-state index in [1.165, 1.54) is 10.5 Å². The Bertz CT molecular complexity index is 306. The lowest BCUT2D eigenvalue weighted by Crippen LogP contribution is -2.43. The molecule has 0 radical (unpaired) electrons. The summed E-state index contributed by atoms with van der Waals surface area (Å²) < 4.78 is 0. The average Bonchev–Trinajstić information content (AvgIpc) is 2.31. The van der Waals surface area contributed by atoms with Crippen molar-refractivity contribution in [3.05, 3.63) is 29.8 Å². The third kappa shape index (κ3) is 4.16. The molecule has 0 spiro atoms. The van der Waals surface area contributed by atoms with Gasteiger partial charge in [-0.2, -0.15) is 0 Å². The molecule has 0 saturated carbocycles. The number of hydrogen-bond acceptors (Lipinski definition) is 3. The number of aryl methyl sites for hydroxylation is 1. The Morgan fingerprint density at radius 2 is 1.94 bits per heavy atom. The van der Waals surface area contributed by atoms with E-state index in [-0.39, 0.29) is 12.1 Å². The Morgan fingerprint density at radius 3 is 2.44 bits per heavy atom. The van der Waals surface area contributed by atoms with Crippen LogP contribution in [0.25, 0.3) is 0 Å². The van der Waals surface area contributed by atoms with Gasteiger partial charge in [-0.15, -0.1) is 11.8 Å². The normalized spacial score (nSPS) is 14.8. The standard InChI is InChI=1S/C13H21NOS/c1-11-4-6-12(7-5-11)16-9-8-13(2,10-15)14-3/h4-7,14-15H,8-10H2,1-3H3. The fourth-order valence-electron chi connectivity index (χ4n) is 1.31. The van der Waals surface area contributed by atoms with Gasteiger partial charge in [-0.25, -0.2) is 0 Å². The number of thioether (sulfide) groups is 1. The van der Waals surface area contributed by atoms with E-state index in [4.69, 9.17) is 0 Å². The summed E-state index contributed by atoms with van der Waals surface area (Å²) in [6.07, 6.45) is 0.957. The predicted octanol–water partition coefficient (Wildman–Crippen LogP) is 2.45. The number of aliphatic hydroxyl groups excluding tert-OH is 1. The van der Waals surface area contributed by atoms with E-state index in [1.807, 2.05) is 25.7 Å². The highest BCUT2D eigenvalue weighted by Gasteiger charge is 2.19. The van der Waals surface area contributed by atoms with Crippen molar-refractivity contribution < 1.29 is 5.11 Å². The van der Waals surface area contributed by atoms with Crippen molar-refractivity contribution in [3.8, 4) is 0 Å². The van der Waals surface area contributed by atoms with E-state index in [9.17, 15) is 5.11 Å². The Morgan fingerprint density at radius 1 is 1.31 bits per heavy atom. The molecule has 2 nitrogen and oxygen atoms in total.